The lowest BCUT2D eigenvalue weighted by Crippen LogP contribution is -2.54. The van der Waals surface area contributed by atoms with Crippen molar-refractivity contribution in [1.29, 1.82) is 0 Å². The molecule has 2 aliphatic heterocycles. The Morgan fingerprint density at radius 2 is 1.09 bits per heavy atom. The first-order valence-corrected chi connectivity index (χ1v) is 19.1. The average molecular weight is 785 g/mol. The summed E-state index contributed by atoms with van der Waals surface area (Å²) < 4.78 is 20.2. The van der Waals surface area contributed by atoms with E-state index in [1.165, 1.54) is 51.1 Å². The number of hydrogen-bond acceptors (Lipinski definition) is 14. The van der Waals surface area contributed by atoms with Gasteiger partial charge in [0, 0.05) is 39.7 Å². The fourth-order valence-corrected chi connectivity index (χ4v) is 8.44. The van der Waals surface area contributed by atoms with E-state index in [4.69, 9.17) is 18.9 Å². The van der Waals surface area contributed by atoms with Gasteiger partial charge in [0.15, 0.2) is 10.0 Å². The Kier molecular flexibility index (Phi) is 12.2. The lowest BCUT2D eigenvalue weighted by molar-refractivity contribution is -0.138. The Hall–Kier alpha value is -4.92. The molecule has 2 saturated heterocycles. The van der Waals surface area contributed by atoms with Gasteiger partial charge >= 0.3 is 12.2 Å². The topological polar surface area (TPSA) is 219 Å². The van der Waals surface area contributed by atoms with Crippen LogP contribution in [-0.4, -0.2) is 130 Å². The van der Waals surface area contributed by atoms with E-state index < -0.39 is 36.5 Å². The second-order valence-corrected chi connectivity index (χ2v) is 15.0. The molecule has 0 aliphatic carbocycles. The summed E-state index contributed by atoms with van der Waals surface area (Å²) in [7, 11) is 5.46. The minimum atomic E-state index is -0.917. The minimum absolute atomic E-state index is 0.272. The summed E-state index contributed by atoms with van der Waals surface area (Å²) in [5, 5.41) is 6.66. The highest BCUT2D eigenvalue weighted by atomic mass is 32.1. The highest BCUT2D eigenvalue weighted by molar-refractivity contribution is 7.24. The maximum Gasteiger partial charge on any atom is 0.407 e. The van der Waals surface area contributed by atoms with E-state index >= 15 is 0 Å². The van der Waals surface area contributed by atoms with Crippen LogP contribution in [0, 0.1) is 0 Å². The van der Waals surface area contributed by atoms with Crippen LogP contribution in [-0.2, 0) is 28.5 Å². The fraction of sp³-hybridized carbons (Fsp3) is 0.529. The molecule has 0 saturated carbocycles. The monoisotopic (exact) mass is 784 g/mol. The molecular formula is C34H44N10O8S2. The van der Waals surface area contributed by atoms with Crippen LogP contribution in [0.3, 0.4) is 0 Å². The maximum absolute atomic E-state index is 13.6. The summed E-state index contributed by atoms with van der Waals surface area (Å²) in [4.78, 5) is 81.7. The van der Waals surface area contributed by atoms with Crippen LogP contribution in [0.2, 0.25) is 0 Å². The van der Waals surface area contributed by atoms with Gasteiger partial charge in [-0.15, -0.1) is 22.7 Å². The van der Waals surface area contributed by atoms with E-state index in [-0.39, 0.29) is 23.9 Å². The van der Waals surface area contributed by atoms with E-state index in [2.05, 4.69) is 40.5 Å². The number of thiazole rings is 2. The molecule has 6 heterocycles. The van der Waals surface area contributed by atoms with E-state index in [1.807, 2.05) is 0 Å². The van der Waals surface area contributed by atoms with Crippen LogP contribution in [0.5, 0.6) is 0 Å². The number of methoxy groups -OCH3 is 4. The number of nitrogens with one attached hydrogen (secondary N) is 4. The van der Waals surface area contributed by atoms with Crippen molar-refractivity contribution in [3.63, 3.8) is 0 Å². The molecule has 6 unspecified atom stereocenters. The first-order valence-electron chi connectivity index (χ1n) is 17.4. The van der Waals surface area contributed by atoms with Gasteiger partial charge in [-0.2, -0.15) is 0 Å². The number of nitrogens with zero attached hydrogens (tertiary/aromatic N) is 6. The number of ether oxygens (including phenoxy) is 4. The van der Waals surface area contributed by atoms with Gasteiger partial charge in [0.1, 0.15) is 23.7 Å². The summed E-state index contributed by atoms with van der Waals surface area (Å²) in [5.74, 6) is 0.744. The molecule has 6 atom stereocenters. The summed E-state index contributed by atoms with van der Waals surface area (Å²) >= 11 is 2.92. The first-order chi connectivity index (χ1) is 26.1. The molecule has 4 amide bonds. The van der Waals surface area contributed by atoms with E-state index in [9.17, 15) is 19.2 Å². The molecule has 6 rings (SSSR count). The molecule has 0 aromatic carbocycles. The van der Waals surface area contributed by atoms with E-state index in [1.54, 1.807) is 48.4 Å². The number of carbonyl (C=O) groups is 4. The van der Waals surface area contributed by atoms with E-state index in [0.29, 0.717) is 37.6 Å². The molecule has 54 heavy (non-hydrogen) atoms. The smallest absolute Gasteiger partial charge is 0.407 e. The molecule has 20 heteroatoms. The van der Waals surface area contributed by atoms with Crippen LogP contribution in [0.1, 0.15) is 63.3 Å². The number of carbonyl (C=O) groups excluding carboxylic acids is 4. The highest BCUT2D eigenvalue weighted by Gasteiger charge is 2.40. The Balaban J connectivity index is 1.13. The predicted octanol–water partition coefficient (Wildman–Crippen LogP) is 3.89. The Morgan fingerprint density at radius 1 is 0.685 bits per heavy atom. The molecule has 18 nitrogen and oxygen atoms in total. The molecule has 0 bridgehead atoms. The molecule has 4 aromatic rings. The van der Waals surface area contributed by atoms with Crippen LogP contribution >= 0.6 is 22.7 Å². The van der Waals surface area contributed by atoms with Crippen molar-refractivity contribution in [3.05, 3.63) is 36.4 Å². The van der Waals surface area contributed by atoms with Crippen molar-refractivity contribution >= 4 is 46.7 Å². The van der Waals surface area contributed by atoms with Crippen LogP contribution < -0.4 is 10.6 Å². The Labute approximate surface area is 319 Å². The van der Waals surface area contributed by atoms with Gasteiger partial charge in [0.05, 0.1) is 72.0 Å². The van der Waals surface area contributed by atoms with Gasteiger partial charge in [0.25, 0.3) is 0 Å². The third-order valence-electron chi connectivity index (χ3n) is 9.75. The number of aromatic nitrogens is 6. The lowest BCUT2D eigenvalue weighted by Gasteiger charge is -2.30. The van der Waals surface area contributed by atoms with Crippen molar-refractivity contribution in [3.8, 4) is 31.2 Å². The van der Waals surface area contributed by atoms with Crippen molar-refractivity contribution in [2.75, 3.05) is 41.5 Å². The van der Waals surface area contributed by atoms with Gasteiger partial charge in [-0.3, -0.25) is 9.59 Å². The van der Waals surface area contributed by atoms with Gasteiger partial charge < -0.3 is 49.3 Å². The van der Waals surface area contributed by atoms with Crippen molar-refractivity contribution in [2.45, 2.75) is 75.9 Å². The van der Waals surface area contributed by atoms with Gasteiger partial charge in [-0.25, -0.2) is 29.5 Å². The maximum atomic E-state index is 13.6. The minimum Gasteiger partial charge on any atom is -0.453 e. The van der Waals surface area contributed by atoms with E-state index in [0.717, 1.165) is 44.0 Å². The summed E-state index contributed by atoms with van der Waals surface area (Å²) in [5.41, 5.74) is 1.52. The third-order valence-corrected chi connectivity index (χ3v) is 12.0. The molecule has 4 aromatic heterocycles. The zero-order valence-corrected chi connectivity index (χ0v) is 32.4. The predicted molar refractivity (Wildman–Crippen MR) is 197 cm³/mol. The summed E-state index contributed by atoms with van der Waals surface area (Å²) in [6.07, 6.45) is 7.42. The number of imidazole rings is 2. The number of aromatic amines is 2. The SMILES string of the molecule is COC(=O)NC(C(=O)N1CCCC1c1ncc(-c2cnc(-c3ncc(-c4cnc(C5CCCN5C(=O)C(NC(=O)OC)C(C)OC)[nH]4)s3)s2)[nH]1)C(C)OC. The first kappa shape index (κ1) is 38.8. The second-order valence-electron chi connectivity index (χ2n) is 12.9. The van der Waals surface area contributed by atoms with Crippen molar-refractivity contribution in [2.24, 2.45) is 0 Å². The van der Waals surface area contributed by atoms with Gasteiger partial charge in [-0.05, 0) is 39.5 Å². The van der Waals surface area contributed by atoms with Gasteiger partial charge in [0.2, 0.25) is 11.8 Å². The Bertz CT molecular complexity index is 1810. The average Bonchev–Trinajstić information content (AvgIpc) is 4.04. The summed E-state index contributed by atoms with van der Waals surface area (Å²) in [6, 6.07) is -2.43. The number of hydrogen-bond donors (Lipinski definition) is 4. The molecule has 0 radical (unpaired) electrons. The van der Waals surface area contributed by atoms with Crippen molar-refractivity contribution in [1.82, 2.24) is 50.3 Å². The number of rotatable bonds is 13. The molecule has 2 aliphatic rings. The largest absolute Gasteiger partial charge is 0.453 e. The standard InChI is InChI=1S/C34H44N10O8S2/c1-17(49-3)25(41-33(47)51-5)31(45)43-11-7-9-21(43)27-35-13-19(39-27)23-15-37-29(53-23)30-38-16-24(54-30)20-14-36-28(40-20)22-10-8-12-44(22)32(46)26(18(2)50-4)42-34(48)52-6/h13-18,21-22,25-26H,7-12H2,1-6H3,(H,35,39)(H,36,40)(H,41,47)(H,42,48). The second kappa shape index (κ2) is 17.0. The third kappa shape index (κ3) is 8.10. The van der Waals surface area contributed by atoms with Crippen LogP contribution in [0.25, 0.3) is 31.2 Å². The lowest BCUT2D eigenvalue weighted by atomic mass is 10.1. The molecular weight excluding hydrogens is 741 g/mol. The zero-order valence-electron chi connectivity index (χ0n) is 30.8. The molecule has 290 valence electrons. The fourth-order valence-electron chi connectivity index (χ4n) is 6.65. The van der Waals surface area contributed by atoms with Gasteiger partial charge in [-0.1, -0.05) is 0 Å². The number of alkyl carbamates (subject to hydrolysis) is 2. The number of H-pyrrole nitrogens is 2. The number of amides is 4. The highest BCUT2D eigenvalue weighted by Crippen LogP contribution is 2.39. The normalized spacial score (nSPS) is 19.3. The molecule has 0 spiro atoms. The van der Waals surface area contributed by atoms with Crippen LogP contribution in [0.15, 0.2) is 24.8 Å². The zero-order chi connectivity index (χ0) is 38.5. The summed E-state index contributed by atoms with van der Waals surface area (Å²) in [6.45, 7) is 4.47. The Morgan fingerprint density at radius 3 is 1.46 bits per heavy atom. The molecule has 4 N–H and O–H groups in total. The number of likely N-dealkylation sites (tertiary alicyclic amines) is 2. The quantitative estimate of drug-likeness (QED) is 0.152. The molecule has 2 fully saturated rings. The van der Waals surface area contributed by atoms with Crippen molar-refractivity contribution < 1.29 is 38.1 Å². The van der Waals surface area contributed by atoms with Crippen LogP contribution in [0.4, 0.5) is 9.59 Å².